The van der Waals surface area contributed by atoms with Crippen molar-refractivity contribution in [1.29, 1.82) is 0 Å². The molecule has 1 heterocycles. The predicted molar refractivity (Wildman–Crippen MR) is 115 cm³/mol. The SMILES string of the molecule is CCC1=C(C(=O)OC)[C@@H](c2ccc([N+](=O)[O-])cc2)NC(=S)N1c1cccc(C)c1. The van der Waals surface area contributed by atoms with Gasteiger partial charge in [0.15, 0.2) is 5.11 Å². The molecule has 150 valence electrons. The molecule has 0 bridgehead atoms. The number of carbonyl (C=O) groups excluding carboxylic acids is 1. The summed E-state index contributed by atoms with van der Waals surface area (Å²) in [5, 5.41) is 14.6. The zero-order chi connectivity index (χ0) is 21.1. The van der Waals surface area contributed by atoms with Crippen LogP contribution < -0.4 is 10.2 Å². The van der Waals surface area contributed by atoms with E-state index in [0.29, 0.717) is 22.7 Å². The Morgan fingerprint density at radius 2 is 1.97 bits per heavy atom. The lowest BCUT2D eigenvalue weighted by molar-refractivity contribution is -0.384. The normalized spacial score (nSPS) is 16.4. The molecule has 0 amide bonds. The number of hydrogen-bond acceptors (Lipinski definition) is 5. The second-order valence-electron chi connectivity index (χ2n) is 6.61. The fourth-order valence-electron chi connectivity index (χ4n) is 3.44. The molecule has 0 radical (unpaired) electrons. The van der Waals surface area contributed by atoms with Gasteiger partial charge in [-0.1, -0.05) is 19.1 Å². The highest BCUT2D eigenvalue weighted by Crippen LogP contribution is 2.36. The number of benzene rings is 2. The van der Waals surface area contributed by atoms with E-state index >= 15 is 0 Å². The first-order valence-electron chi connectivity index (χ1n) is 9.10. The van der Waals surface area contributed by atoms with Gasteiger partial charge in [-0.2, -0.15) is 0 Å². The third-order valence-electron chi connectivity index (χ3n) is 4.78. The maximum absolute atomic E-state index is 12.7. The molecule has 8 heteroatoms. The van der Waals surface area contributed by atoms with Crippen molar-refractivity contribution >= 4 is 34.7 Å². The highest BCUT2D eigenvalue weighted by Gasteiger charge is 2.36. The molecule has 1 aliphatic rings. The molecular weight excluding hydrogens is 390 g/mol. The average molecular weight is 411 g/mol. The average Bonchev–Trinajstić information content (AvgIpc) is 2.72. The van der Waals surface area contributed by atoms with E-state index in [1.165, 1.54) is 19.2 Å². The number of esters is 1. The number of nitrogens with one attached hydrogen (secondary N) is 1. The summed E-state index contributed by atoms with van der Waals surface area (Å²) in [5.74, 6) is -0.474. The van der Waals surface area contributed by atoms with Gasteiger partial charge >= 0.3 is 5.97 Å². The standard InChI is InChI=1S/C21H21N3O4S/c1-4-17-18(20(25)28-3)19(14-8-10-15(11-9-14)24(26)27)22-21(29)23(17)16-7-5-6-13(2)12-16/h5-12,19H,4H2,1-3H3,(H,22,29)/t19-/m1/s1. The van der Waals surface area contributed by atoms with Gasteiger partial charge in [-0.25, -0.2) is 4.79 Å². The maximum atomic E-state index is 12.7. The maximum Gasteiger partial charge on any atom is 0.337 e. The molecule has 3 rings (SSSR count). The summed E-state index contributed by atoms with van der Waals surface area (Å²) in [6.45, 7) is 3.93. The van der Waals surface area contributed by atoms with Crippen LogP contribution in [0.1, 0.15) is 30.5 Å². The Bertz CT molecular complexity index is 1000. The highest BCUT2D eigenvalue weighted by molar-refractivity contribution is 7.80. The van der Waals surface area contributed by atoms with Crippen molar-refractivity contribution in [2.75, 3.05) is 12.0 Å². The van der Waals surface area contributed by atoms with E-state index in [9.17, 15) is 14.9 Å². The monoisotopic (exact) mass is 411 g/mol. The molecule has 0 aromatic heterocycles. The number of thiocarbonyl (C=S) groups is 1. The quantitative estimate of drug-likeness (QED) is 0.342. The first-order chi connectivity index (χ1) is 13.9. The van der Waals surface area contributed by atoms with Crippen molar-refractivity contribution < 1.29 is 14.5 Å². The van der Waals surface area contributed by atoms with Crippen LogP contribution in [-0.4, -0.2) is 23.1 Å². The molecule has 1 atom stereocenters. The number of nitro benzene ring substituents is 1. The van der Waals surface area contributed by atoms with Crippen LogP contribution in [0.2, 0.25) is 0 Å². The van der Waals surface area contributed by atoms with Gasteiger partial charge in [-0.15, -0.1) is 0 Å². The number of hydrogen-bond donors (Lipinski definition) is 1. The van der Waals surface area contributed by atoms with E-state index < -0.39 is 16.9 Å². The number of methoxy groups -OCH3 is 1. The van der Waals surface area contributed by atoms with Crippen LogP contribution in [0.25, 0.3) is 0 Å². The minimum atomic E-state index is -0.563. The summed E-state index contributed by atoms with van der Waals surface area (Å²) in [6.07, 6.45) is 0.545. The number of rotatable bonds is 5. The lowest BCUT2D eigenvalue weighted by atomic mass is 9.93. The third kappa shape index (κ3) is 3.97. The molecule has 2 aromatic carbocycles. The zero-order valence-electron chi connectivity index (χ0n) is 16.3. The molecule has 0 saturated carbocycles. The van der Waals surface area contributed by atoms with Crippen molar-refractivity contribution in [2.24, 2.45) is 0 Å². The highest BCUT2D eigenvalue weighted by atomic mass is 32.1. The van der Waals surface area contributed by atoms with Crippen LogP contribution in [0.5, 0.6) is 0 Å². The van der Waals surface area contributed by atoms with E-state index in [-0.39, 0.29) is 5.69 Å². The van der Waals surface area contributed by atoms with Crippen LogP contribution in [0, 0.1) is 17.0 Å². The molecule has 1 aliphatic heterocycles. The van der Waals surface area contributed by atoms with Crippen molar-refractivity contribution in [2.45, 2.75) is 26.3 Å². The number of non-ortho nitro benzene ring substituents is 1. The van der Waals surface area contributed by atoms with Crippen molar-refractivity contribution in [3.63, 3.8) is 0 Å². The first kappa shape index (κ1) is 20.5. The van der Waals surface area contributed by atoms with Crippen LogP contribution in [0.4, 0.5) is 11.4 Å². The number of nitrogens with zero attached hydrogens (tertiary/aromatic N) is 2. The molecular formula is C21H21N3O4S. The Hall–Kier alpha value is -3.26. The predicted octanol–water partition coefficient (Wildman–Crippen LogP) is 4.18. The second-order valence-corrected chi connectivity index (χ2v) is 7.00. The minimum absolute atomic E-state index is 0.0205. The van der Waals surface area contributed by atoms with Gasteiger partial charge in [0.1, 0.15) is 0 Å². The molecule has 7 nitrogen and oxygen atoms in total. The van der Waals surface area contributed by atoms with Gasteiger partial charge in [-0.3, -0.25) is 15.0 Å². The van der Waals surface area contributed by atoms with E-state index in [4.69, 9.17) is 17.0 Å². The number of aryl methyl sites for hydroxylation is 1. The number of nitro groups is 1. The molecule has 0 saturated heterocycles. The number of ether oxygens (including phenoxy) is 1. The fourth-order valence-corrected chi connectivity index (χ4v) is 3.78. The molecule has 29 heavy (non-hydrogen) atoms. The van der Waals surface area contributed by atoms with Crippen LogP contribution in [0.3, 0.4) is 0 Å². The summed E-state index contributed by atoms with van der Waals surface area (Å²) in [5.41, 5.74) is 3.75. The molecule has 0 fully saturated rings. The Balaban J connectivity index is 2.15. The van der Waals surface area contributed by atoms with Crippen LogP contribution in [-0.2, 0) is 9.53 Å². The second kappa shape index (κ2) is 8.40. The zero-order valence-corrected chi connectivity index (χ0v) is 17.2. The Morgan fingerprint density at radius 3 is 2.52 bits per heavy atom. The number of carbonyl (C=O) groups is 1. The van der Waals surface area contributed by atoms with Gasteiger partial charge in [0.05, 0.1) is 23.6 Å². The van der Waals surface area contributed by atoms with Crippen molar-refractivity contribution in [3.8, 4) is 0 Å². The van der Waals surface area contributed by atoms with E-state index in [1.807, 2.05) is 43.0 Å². The summed E-state index contributed by atoms with van der Waals surface area (Å²) in [7, 11) is 1.33. The van der Waals surface area contributed by atoms with Crippen molar-refractivity contribution in [1.82, 2.24) is 5.32 Å². The van der Waals surface area contributed by atoms with E-state index in [1.54, 1.807) is 12.1 Å². The summed E-state index contributed by atoms with van der Waals surface area (Å²) >= 11 is 5.64. The molecule has 0 unspecified atom stereocenters. The summed E-state index contributed by atoms with van der Waals surface area (Å²) < 4.78 is 5.06. The van der Waals surface area contributed by atoms with Gasteiger partial charge in [0.25, 0.3) is 5.69 Å². The summed E-state index contributed by atoms with van der Waals surface area (Å²) in [6, 6.07) is 13.3. The smallest absolute Gasteiger partial charge is 0.337 e. The van der Waals surface area contributed by atoms with E-state index in [0.717, 1.165) is 16.9 Å². The van der Waals surface area contributed by atoms with Gasteiger partial charge in [0, 0.05) is 23.5 Å². The lowest BCUT2D eigenvalue weighted by Crippen LogP contribution is -2.48. The Kier molecular flexibility index (Phi) is 5.93. The van der Waals surface area contributed by atoms with Crippen LogP contribution >= 0.6 is 12.2 Å². The van der Waals surface area contributed by atoms with Gasteiger partial charge < -0.3 is 10.1 Å². The first-order valence-corrected chi connectivity index (χ1v) is 9.51. The molecule has 2 aromatic rings. The Morgan fingerprint density at radius 1 is 1.28 bits per heavy atom. The third-order valence-corrected chi connectivity index (χ3v) is 5.08. The van der Waals surface area contributed by atoms with Gasteiger partial charge in [-0.05, 0) is 61.0 Å². The fraction of sp³-hybridized carbons (Fsp3) is 0.238. The number of anilines is 1. The largest absolute Gasteiger partial charge is 0.466 e. The van der Waals surface area contributed by atoms with E-state index in [2.05, 4.69) is 5.32 Å². The molecule has 0 aliphatic carbocycles. The van der Waals surface area contributed by atoms with Gasteiger partial charge in [0.2, 0.25) is 0 Å². The molecule has 1 N–H and O–H groups in total. The topological polar surface area (TPSA) is 84.7 Å². The van der Waals surface area contributed by atoms with Crippen molar-refractivity contribution in [3.05, 3.63) is 81.0 Å². The Labute approximate surface area is 174 Å². The molecule has 0 spiro atoms. The minimum Gasteiger partial charge on any atom is -0.466 e. The van der Waals surface area contributed by atoms with Crippen LogP contribution in [0.15, 0.2) is 59.8 Å². The summed E-state index contributed by atoms with van der Waals surface area (Å²) in [4.78, 5) is 25.1. The lowest BCUT2D eigenvalue weighted by Gasteiger charge is -2.38. The number of allylic oxidation sites excluding steroid dienone is 1.